The summed E-state index contributed by atoms with van der Waals surface area (Å²) >= 11 is 0. The predicted octanol–water partition coefficient (Wildman–Crippen LogP) is 4.27. The van der Waals surface area contributed by atoms with E-state index in [2.05, 4.69) is 13.5 Å². The zero-order chi connectivity index (χ0) is 17.0. The third-order valence-electron chi connectivity index (χ3n) is 4.09. The smallest absolute Gasteiger partial charge is 0.334 e. The Morgan fingerprint density at radius 2 is 1.50 bits per heavy atom. The number of nitrogens with two attached hydrogens (primary N) is 1. The molecule has 1 amide bonds. The highest BCUT2D eigenvalue weighted by molar-refractivity contribution is 5.92. The van der Waals surface area contributed by atoms with Crippen molar-refractivity contribution in [2.24, 2.45) is 5.73 Å². The molecule has 0 saturated carbocycles. The molecule has 4 heteroatoms. The Morgan fingerprint density at radius 1 is 1.00 bits per heavy atom. The van der Waals surface area contributed by atoms with Crippen LogP contribution in [0, 0.1) is 0 Å². The number of unbranched alkanes of at least 4 members (excludes halogenated alkanes) is 7. The molecular weight excluding hydrogens is 278 g/mol. The molecule has 1 atom stereocenters. The van der Waals surface area contributed by atoms with Crippen LogP contribution in [0.2, 0.25) is 0 Å². The molecule has 0 radical (unpaired) electrons. The zero-order valence-electron chi connectivity index (χ0n) is 14.6. The first-order valence-corrected chi connectivity index (χ1v) is 8.58. The molecule has 4 nitrogen and oxygen atoms in total. The maximum atomic E-state index is 11.8. The van der Waals surface area contributed by atoms with Crippen LogP contribution in [0.15, 0.2) is 12.2 Å². The van der Waals surface area contributed by atoms with E-state index in [4.69, 9.17) is 10.5 Å². The van der Waals surface area contributed by atoms with Gasteiger partial charge in [0.15, 0.2) is 5.60 Å². The Balaban J connectivity index is 4.23. The van der Waals surface area contributed by atoms with E-state index in [0.717, 1.165) is 19.3 Å². The van der Waals surface area contributed by atoms with Crippen LogP contribution in [0.1, 0.15) is 85.0 Å². The zero-order valence-corrected chi connectivity index (χ0v) is 14.6. The summed E-state index contributed by atoms with van der Waals surface area (Å²) in [6.45, 7) is 9.15. The molecule has 0 fully saturated rings. The van der Waals surface area contributed by atoms with Crippen molar-refractivity contribution in [2.45, 2.75) is 90.6 Å². The van der Waals surface area contributed by atoms with Crippen LogP contribution in [0.25, 0.3) is 0 Å². The van der Waals surface area contributed by atoms with E-state index < -0.39 is 17.5 Å². The van der Waals surface area contributed by atoms with Crippen molar-refractivity contribution in [2.75, 3.05) is 0 Å². The van der Waals surface area contributed by atoms with E-state index in [-0.39, 0.29) is 5.57 Å². The second-order valence-corrected chi connectivity index (χ2v) is 6.11. The lowest BCUT2D eigenvalue weighted by Crippen LogP contribution is -2.47. The van der Waals surface area contributed by atoms with Gasteiger partial charge in [0.25, 0.3) is 5.91 Å². The summed E-state index contributed by atoms with van der Waals surface area (Å²) in [5.74, 6) is -1.10. The van der Waals surface area contributed by atoms with Gasteiger partial charge >= 0.3 is 5.97 Å². The lowest BCUT2D eigenvalue weighted by molar-refractivity contribution is -0.165. The minimum atomic E-state index is -1.18. The fraction of sp³-hybridized carbons (Fsp3) is 0.778. The quantitative estimate of drug-likeness (QED) is 0.314. The number of ether oxygens (including phenoxy) is 1. The van der Waals surface area contributed by atoms with Gasteiger partial charge in [-0.3, -0.25) is 4.79 Å². The van der Waals surface area contributed by atoms with Gasteiger partial charge in [-0.05, 0) is 26.2 Å². The molecular formula is C18H33NO3. The molecule has 0 heterocycles. The lowest BCUT2D eigenvalue weighted by Gasteiger charge is -2.29. The van der Waals surface area contributed by atoms with Gasteiger partial charge in [-0.2, -0.15) is 0 Å². The topological polar surface area (TPSA) is 69.4 Å². The Hall–Kier alpha value is -1.32. The fourth-order valence-electron chi connectivity index (χ4n) is 2.46. The van der Waals surface area contributed by atoms with E-state index in [1.807, 2.05) is 6.92 Å². The van der Waals surface area contributed by atoms with Crippen LogP contribution in [0.3, 0.4) is 0 Å². The largest absolute Gasteiger partial charge is 0.446 e. The molecule has 0 bridgehead atoms. The molecule has 0 aromatic carbocycles. The number of carbonyl (C=O) groups is 2. The van der Waals surface area contributed by atoms with Gasteiger partial charge in [0.05, 0.1) is 0 Å². The van der Waals surface area contributed by atoms with Crippen LogP contribution >= 0.6 is 0 Å². The molecule has 1 unspecified atom stereocenters. The summed E-state index contributed by atoms with van der Waals surface area (Å²) in [6.07, 6.45) is 10.3. The van der Waals surface area contributed by atoms with Crippen molar-refractivity contribution in [1.29, 1.82) is 0 Å². The highest BCUT2D eigenvalue weighted by Gasteiger charge is 2.38. The summed E-state index contributed by atoms with van der Waals surface area (Å²) in [6, 6.07) is 0. The van der Waals surface area contributed by atoms with Crippen molar-refractivity contribution in [3.05, 3.63) is 12.2 Å². The second kappa shape index (κ2) is 11.3. The first kappa shape index (κ1) is 20.7. The standard InChI is InChI=1S/C18H33NO3/c1-5-7-8-9-10-11-12-13-14-18(6-2,17(19)21)22-16(20)15(3)4/h3,5-14H2,1-2,4H3,(H2,19,21). The van der Waals surface area contributed by atoms with Crippen molar-refractivity contribution in [3.63, 3.8) is 0 Å². The summed E-state index contributed by atoms with van der Waals surface area (Å²) in [7, 11) is 0. The third kappa shape index (κ3) is 7.62. The average molecular weight is 311 g/mol. The van der Waals surface area contributed by atoms with Crippen molar-refractivity contribution < 1.29 is 14.3 Å². The molecule has 128 valence electrons. The van der Waals surface area contributed by atoms with Crippen LogP contribution in [0.5, 0.6) is 0 Å². The maximum absolute atomic E-state index is 11.8. The Kier molecular flexibility index (Phi) is 10.6. The summed E-state index contributed by atoms with van der Waals surface area (Å²) in [5.41, 5.74) is 4.59. The molecule has 2 N–H and O–H groups in total. The van der Waals surface area contributed by atoms with E-state index in [1.54, 1.807) is 6.92 Å². The first-order chi connectivity index (χ1) is 10.4. The van der Waals surface area contributed by atoms with Gasteiger partial charge in [0.1, 0.15) is 0 Å². The van der Waals surface area contributed by atoms with Gasteiger partial charge in [0, 0.05) is 5.57 Å². The van der Waals surface area contributed by atoms with Gasteiger partial charge < -0.3 is 10.5 Å². The van der Waals surface area contributed by atoms with Gasteiger partial charge in [-0.25, -0.2) is 4.79 Å². The van der Waals surface area contributed by atoms with E-state index in [9.17, 15) is 9.59 Å². The number of primary amides is 1. The van der Waals surface area contributed by atoms with E-state index >= 15 is 0 Å². The molecule has 0 saturated heterocycles. The molecule has 0 aliphatic carbocycles. The molecule has 0 rings (SSSR count). The van der Waals surface area contributed by atoms with Gasteiger partial charge in [-0.1, -0.05) is 65.4 Å². The van der Waals surface area contributed by atoms with Gasteiger partial charge in [0.2, 0.25) is 0 Å². The number of rotatable bonds is 13. The number of hydrogen-bond donors (Lipinski definition) is 1. The minimum Gasteiger partial charge on any atom is -0.446 e. The number of amides is 1. The predicted molar refractivity (Wildman–Crippen MR) is 90.3 cm³/mol. The molecule has 0 aliphatic rings. The molecule has 22 heavy (non-hydrogen) atoms. The van der Waals surface area contributed by atoms with Crippen LogP contribution in [-0.4, -0.2) is 17.5 Å². The maximum Gasteiger partial charge on any atom is 0.334 e. The molecule has 0 spiro atoms. The van der Waals surface area contributed by atoms with Crippen LogP contribution < -0.4 is 5.73 Å². The summed E-state index contributed by atoms with van der Waals surface area (Å²) in [5, 5.41) is 0. The number of esters is 1. The normalized spacial score (nSPS) is 13.4. The average Bonchev–Trinajstić information content (AvgIpc) is 2.48. The number of hydrogen-bond acceptors (Lipinski definition) is 3. The highest BCUT2D eigenvalue weighted by atomic mass is 16.6. The monoisotopic (exact) mass is 311 g/mol. The minimum absolute atomic E-state index is 0.287. The number of carbonyl (C=O) groups excluding carboxylic acids is 2. The first-order valence-electron chi connectivity index (χ1n) is 8.58. The van der Waals surface area contributed by atoms with E-state index in [1.165, 1.54) is 32.1 Å². The van der Waals surface area contributed by atoms with Crippen molar-refractivity contribution >= 4 is 11.9 Å². The lowest BCUT2D eigenvalue weighted by atomic mass is 9.91. The third-order valence-corrected chi connectivity index (χ3v) is 4.09. The van der Waals surface area contributed by atoms with Crippen LogP contribution in [0.4, 0.5) is 0 Å². The Labute approximate surface area is 135 Å². The second-order valence-electron chi connectivity index (χ2n) is 6.11. The van der Waals surface area contributed by atoms with E-state index in [0.29, 0.717) is 12.8 Å². The van der Waals surface area contributed by atoms with Crippen molar-refractivity contribution in [1.82, 2.24) is 0 Å². The fourth-order valence-corrected chi connectivity index (χ4v) is 2.46. The SMILES string of the molecule is C=C(C)C(=O)OC(CC)(CCCCCCCCCC)C(N)=O. The van der Waals surface area contributed by atoms with Crippen molar-refractivity contribution in [3.8, 4) is 0 Å². The molecule has 0 aliphatic heterocycles. The molecule has 0 aromatic heterocycles. The summed E-state index contributed by atoms with van der Waals surface area (Å²) < 4.78 is 5.36. The summed E-state index contributed by atoms with van der Waals surface area (Å²) in [4.78, 5) is 23.5. The highest BCUT2D eigenvalue weighted by Crippen LogP contribution is 2.25. The Bertz CT molecular complexity index is 365. The molecule has 0 aromatic rings. The van der Waals surface area contributed by atoms with Crippen LogP contribution in [-0.2, 0) is 14.3 Å². The Morgan fingerprint density at radius 3 is 1.91 bits per heavy atom. The van der Waals surface area contributed by atoms with Gasteiger partial charge in [-0.15, -0.1) is 0 Å².